The summed E-state index contributed by atoms with van der Waals surface area (Å²) < 4.78 is 0.929. The SMILES string of the molecule is O=C1NC(=Nc2ccccc2Br)CS1. The first kappa shape index (κ1) is 9.73. The Bertz CT molecular complexity index is 406. The van der Waals surface area contributed by atoms with Crippen molar-refractivity contribution in [2.75, 3.05) is 5.75 Å². The number of benzene rings is 1. The van der Waals surface area contributed by atoms with Crippen molar-refractivity contribution in [1.82, 2.24) is 5.32 Å². The molecule has 0 saturated carbocycles. The van der Waals surface area contributed by atoms with Gasteiger partial charge in [-0.2, -0.15) is 0 Å². The van der Waals surface area contributed by atoms with Crippen molar-refractivity contribution < 1.29 is 4.79 Å². The van der Waals surface area contributed by atoms with Gasteiger partial charge < -0.3 is 5.32 Å². The molecular formula is C9H7BrN2OS. The molecule has 2 rings (SSSR count). The maximum absolute atomic E-state index is 10.9. The van der Waals surface area contributed by atoms with E-state index in [4.69, 9.17) is 0 Å². The van der Waals surface area contributed by atoms with Gasteiger partial charge in [0.05, 0.1) is 11.4 Å². The zero-order chi connectivity index (χ0) is 9.97. The Labute approximate surface area is 94.1 Å². The summed E-state index contributed by atoms with van der Waals surface area (Å²) in [5.41, 5.74) is 0.838. The lowest BCUT2D eigenvalue weighted by Gasteiger charge is -1.98. The van der Waals surface area contributed by atoms with Crippen molar-refractivity contribution in [2.24, 2.45) is 4.99 Å². The zero-order valence-electron chi connectivity index (χ0n) is 7.16. The highest BCUT2D eigenvalue weighted by Crippen LogP contribution is 2.25. The molecule has 1 aliphatic heterocycles. The topological polar surface area (TPSA) is 41.5 Å². The van der Waals surface area contributed by atoms with Crippen LogP contribution in [0.2, 0.25) is 0 Å². The standard InChI is InChI=1S/C9H7BrN2OS/c10-6-3-1-2-4-7(6)11-8-5-14-9(13)12-8/h1-4H,5H2,(H,11,12,13). The van der Waals surface area contributed by atoms with Crippen molar-refractivity contribution in [2.45, 2.75) is 0 Å². The summed E-state index contributed by atoms with van der Waals surface area (Å²) in [6, 6.07) is 7.65. The number of hydrogen-bond acceptors (Lipinski definition) is 3. The molecule has 0 spiro atoms. The number of nitrogens with zero attached hydrogens (tertiary/aromatic N) is 1. The molecule has 1 amide bonds. The summed E-state index contributed by atoms with van der Waals surface area (Å²) in [5, 5.41) is 2.65. The van der Waals surface area contributed by atoms with E-state index in [1.807, 2.05) is 24.3 Å². The van der Waals surface area contributed by atoms with Gasteiger partial charge in [-0.1, -0.05) is 23.9 Å². The molecule has 72 valence electrons. The van der Waals surface area contributed by atoms with E-state index >= 15 is 0 Å². The number of carbonyl (C=O) groups is 1. The Morgan fingerprint density at radius 1 is 1.43 bits per heavy atom. The van der Waals surface area contributed by atoms with Crippen LogP contribution in [0.3, 0.4) is 0 Å². The number of nitrogens with one attached hydrogen (secondary N) is 1. The maximum Gasteiger partial charge on any atom is 0.284 e. The fourth-order valence-electron chi connectivity index (χ4n) is 1.07. The summed E-state index contributed by atoms with van der Waals surface area (Å²) in [4.78, 5) is 15.2. The molecule has 1 fully saturated rings. The molecule has 1 heterocycles. The number of hydrogen-bond donors (Lipinski definition) is 1. The van der Waals surface area contributed by atoms with Crippen LogP contribution in [0.4, 0.5) is 10.5 Å². The summed E-state index contributed by atoms with van der Waals surface area (Å²) in [5.74, 6) is 1.34. The molecule has 14 heavy (non-hydrogen) atoms. The van der Waals surface area contributed by atoms with Crippen LogP contribution in [-0.4, -0.2) is 16.8 Å². The Kier molecular flexibility index (Phi) is 2.88. The molecule has 3 nitrogen and oxygen atoms in total. The second-order valence-electron chi connectivity index (χ2n) is 2.71. The molecule has 0 radical (unpaired) electrons. The van der Waals surface area contributed by atoms with E-state index in [1.54, 1.807) is 0 Å². The van der Waals surface area contributed by atoms with E-state index in [2.05, 4.69) is 26.2 Å². The Morgan fingerprint density at radius 2 is 2.21 bits per heavy atom. The van der Waals surface area contributed by atoms with Gasteiger partial charge in [-0.25, -0.2) is 4.99 Å². The van der Waals surface area contributed by atoms with E-state index in [9.17, 15) is 4.79 Å². The molecule has 1 aromatic carbocycles. The number of thioether (sulfide) groups is 1. The maximum atomic E-state index is 10.9. The predicted octanol–water partition coefficient (Wildman–Crippen LogP) is 2.94. The van der Waals surface area contributed by atoms with Gasteiger partial charge in [-0.15, -0.1) is 0 Å². The third-order valence-electron chi connectivity index (χ3n) is 1.69. The highest BCUT2D eigenvalue weighted by atomic mass is 79.9. The number of amidine groups is 1. The molecule has 0 atom stereocenters. The van der Waals surface area contributed by atoms with E-state index in [1.165, 1.54) is 11.8 Å². The quantitative estimate of drug-likeness (QED) is 0.853. The Morgan fingerprint density at radius 3 is 2.86 bits per heavy atom. The van der Waals surface area contributed by atoms with Crippen LogP contribution >= 0.6 is 27.7 Å². The average Bonchev–Trinajstić information content (AvgIpc) is 2.56. The Balaban J connectivity index is 2.25. The fourth-order valence-corrected chi connectivity index (χ4v) is 2.04. The zero-order valence-corrected chi connectivity index (χ0v) is 9.56. The monoisotopic (exact) mass is 270 g/mol. The van der Waals surface area contributed by atoms with Crippen LogP contribution < -0.4 is 5.32 Å². The van der Waals surface area contributed by atoms with Gasteiger partial charge >= 0.3 is 0 Å². The summed E-state index contributed by atoms with van der Waals surface area (Å²) in [7, 11) is 0. The van der Waals surface area contributed by atoms with Gasteiger partial charge in [-0.3, -0.25) is 4.79 Å². The number of rotatable bonds is 1. The highest BCUT2D eigenvalue weighted by Gasteiger charge is 2.16. The van der Waals surface area contributed by atoms with Crippen molar-refractivity contribution >= 4 is 44.5 Å². The highest BCUT2D eigenvalue weighted by molar-refractivity contribution is 9.10. The molecule has 1 aliphatic rings. The molecule has 0 unspecified atom stereocenters. The van der Waals surface area contributed by atoms with Gasteiger partial charge in [0.1, 0.15) is 5.84 Å². The van der Waals surface area contributed by atoms with Crippen LogP contribution in [0.15, 0.2) is 33.7 Å². The molecular weight excluding hydrogens is 264 g/mol. The minimum Gasteiger partial charge on any atom is -0.304 e. The van der Waals surface area contributed by atoms with Crippen molar-refractivity contribution in [3.05, 3.63) is 28.7 Å². The minimum absolute atomic E-state index is 0.0317. The number of halogens is 1. The summed E-state index contributed by atoms with van der Waals surface area (Å²) >= 11 is 4.63. The summed E-state index contributed by atoms with van der Waals surface area (Å²) in [6.07, 6.45) is 0. The van der Waals surface area contributed by atoms with Crippen molar-refractivity contribution in [3.8, 4) is 0 Å². The Hall–Kier alpha value is -0.810. The molecule has 1 aromatic rings. The lowest BCUT2D eigenvalue weighted by molar-refractivity contribution is 0.265. The first-order valence-electron chi connectivity index (χ1n) is 4.01. The smallest absolute Gasteiger partial charge is 0.284 e. The molecule has 1 N–H and O–H groups in total. The van der Waals surface area contributed by atoms with Crippen molar-refractivity contribution in [1.29, 1.82) is 0 Å². The normalized spacial score (nSPS) is 18.6. The third-order valence-corrected chi connectivity index (χ3v) is 3.15. The van der Waals surface area contributed by atoms with Gasteiger partial charge in [0.2, 0.25) is 0 Å². The lowest BCUT2D eigenvalue weighted by Crippen LogP contribution is -2.19. The average molecular weight is 271 g/mol. The molecule has 5 heteroatoms. The first-order chi connectivity index (χ1) is 6.75. The van der Waals surface area contributed by atoms with E-state index in [-0.39, 0.29) is 5.24 Å². The first-order valence-corrected chi connectivity index (χ1v) is 5.79. The van der Waals surface area contributed by atoms with Gasteiger partial charge in [-0.05, 0) is 28.1 Å². The van der Waals surface area contributed by atoms with Gasteiger partial charge in [0, 0.05) is 4.47 Å². The van der Waals surface area contributed by atoms with Crippen LogP contribution in [0.1, 0.15) is 0 Å². The molecule has 1 saturated heterocycles. The number of carbonyl (C=O) groups excluding carboxylic acids is 1. The van der Waals surface area contributed by atoms with E-state index < -0.39 is 0 Å². The van der Waals surface area contributed by atoms with Gasteiger partial charge in [0.25, 0.3) is 5.24 Å². The summed E-state index contributed by atoms with van der Waals surface area (Å²) in [6.45, 7) is 0. The second kappa shape index (κ2) is 4.14. The number of aliphatic imine (C=N–C) groups is 1. The van der Waals surface area contributed by atoms with Crippen LogP contribution in [0.5, 0.6) is 0 Å². The second-order valence-corrected chi connectivity index (χ2v) is 4.51. The molecule has 0 aromatic heterocycles. The predicted molar refractivity (Wildman–Crippen MR) is 62.2 cm³/mol. The van der Waals surface area contributed by atoms with E-state index in [0.717, 1.165) is 10.2 Å². The lowest BCUT2D eigenvalue weighted by atomic mass is 10.3. The fraction of sp³-hybridized carbons (Fsp3) is 0.111. The minimum atomic E-state index is -0.0317. The number of amides is 1. The number of para-hydroxylation sites is 1. The van der Waals surface area contributed by atoms with Crippen molar-refractivity contribution in [3.63, 3.8) is 0 Å². The van der Waals surface area contributed by atoms with E-state index in [0.29, 0.717) is 11.6 Å². The third kappa shape index (κ3) is 2.16. The van der Waals surface area contributed by atoms with Crippen LogP contribution in [0, 0.1) is 0 Å². The largest absolute Gasteiger partial charge is 0.304 e. The molecule has 0 aliphatic carbocycles. The van der Waals surface area contributed by atoms with Gasteiger partial charge in [0.15, 0.2) is 0 Å². The van der Waals surface area contributed by atoms with Crippen LogP contribution in [0.25, 0.3) is 0 Å². The molecule has 0 bridgehead atoms. The van der Waals surface area contributed by atoms with Crippen LogP contribution in [-0.2, 0) is 0 Å².